The summed E-state index contributed by atoms with van der Waals surface area (Å²) in [5.41, 5.74) is 2.96. The van der Waals surface area contributed by atoms with Crippen LogP contribution in [0.5, 0.6) is 0 Å². The maximum absolute atomic E-state index is 12.3. The van der Waals surface area contributed by atoms with E-state index in [-0.39, 0.29) is 11.4 Å². The molecule has 8 heteroatoms. The predicted molar refractivity (Wildman–Crippen MR) is 116 cm³/mol. The van der Waals surface area contributed by atoms with Crippen molar-refractivity contribution in [3.63, 3.8) is 0 Å². The van der Waals surface area contributed by atoms with Gasteiger partial charge in [0, 0.05) is 31.1 Å². The lowest BCUT2D eigenvalue weighted by atomic mass is 10.1. The smallest absolute Gasteiger partial charge is 0.240 e. The Morgan fingerprint density at radius 2 is 1.72 bits per heavy atom. The second kappa shape index (κ2) is 9.11. The van der Waals surface area contributed by atoms with Crippen LogP contribution in [-0.4, -0.2) is 34.5 Å². The van der Waals surface area contributed by atoms with Crippen LogP contribution in [0.2, 0.25) is 0 Å². The number of aryl methyl sites for hydroxylation is 2. The first-order chi connectivity index (χ1) is 13.9. The molecule has 0 spiro atoms. The Hall–Kier alpha value is -2.84. The van der Waals surface area contributed by atoms with Gasteiger partial charge >= 0.3 is 0 Å². The summed E-state index contributed by atoms with van der Waals surface area (Å²) < 4.78 is 33.1. The number of hydrogen-bond acceptors (Lipinski definition) is 4. The minimum absolute atomic E-state index is 0.237. The average molecular weight is 415 g/mol. The van der Waals surface area contributed by atoms with Crippen LogP contribution < -0.4 is 15.4 Å². The van der Waals surface area contributed by atoms with E-state index in [1.807, 2.05) is 38.1 Å². The number of sulfonamides is 1. The average Bonchev–Trinajstić information content (AvgIpc) is 3.04. The zero-order valence-corrected chi connectivity index (χ0v) is 17.6. The Bertz CT molecular complexity index is 1100. The predicted octanol–water partition coefficient (Wildman–Crippen LogP) is 2.69. The second-order valence-electron chi connectivity index (χ2n) is 6.71. The monoisotopic (exact) mass is 414 g/mol. The fourth-order valence-corrected chi connectivity index (χ4v) is 3.98. The summed E-state index contributed by atoms with van der Waals surface area (Å²) in [6, 6.07) is 14.7. The third kappa shape index (κ3) is 5.16. The van der Waals surface area contributed by atoms with Crippen molar-refractivity contribution in [3.8, 4) is 0 Å². The van der Waals surface area contributed by atoms with E-state index in [4.69, 9.17) is 4.42 Å². The molecule has 1 heterocycles. The largest absolute Gasteiger partial charge is 0.459 e. The summed E-state index contributed by atoms with van der Waals surface area (Å²) in [5, 5.41) is 7.38. The lowest BCUT2D eigenvalue weighted by molar-refractivity contribution is 0.534. The third-order valence-electron chi connectivity index (χ3n) is 4.62. The Labute approximate surface area is 171 Å². The van der Waals surface area contributed by atoms with Gasteiger partial charge in [-0.1, -0.05) is 35.9 Å². The Morgan fingerprint density at radius 1 is 1.00 bits per heavy atom. The molecule has 0 saturated heterocycles. The first-order valence-electron chi connectivity index (χ1n) is 9.38. The molecule has 0 atom stereocenters. The molecule has 0 aliphatic carbocycles. The number of aliphatic imine (C=N–C) groups is 1. The number of nitrogens with one attached hydrogen (secondary N) is 3. The van der Waals surface area contributed by atoms with Gasteiger partial charge in [0.25, 0.3) is 0 Å². The highest BCUT2D eigenvalue weighted by molar-refractivity contribution is 7.89. The van der Waals surface area contributed by atoms with Gasteiger partial charge in [-0.3, -0.25) is 4.99 Å². The van der Waals surface area contributed by atoms with E-state index in [2.05, 4.69) is 20.3 Å². The van der Waals surface area contributed by atoms with E-state index in [1.54, 1.807) is 31.3 Å². The quantitative estimate of drug-likeness (QED) is 0.314. The lowest BCUT2D eigenvalue weighted by Crippen LogP contribution is -2.41. The zero-order chi connectivity index (χ0) is 20.9. The molecule has 0 fully saturated rings. The van der Waals surface area contributed by atoms with Crippen LogP contribution in [0.3, 0.4) is 0 Å². The standard InChI is InChI=1S/C21H26N4O3S/c1-15-8-10-17(11-9-15)29(26,27)25-13-12-23-21(22-3)24-14-20-16(2)18-6-4-5-7-19(18)28-20/h4-11,25H,12-14H2,1-3H3,(H2,22,23,24). The molecule has 7 nitrogen and oxygen atoms in total. The van der Waals surface area contributed by atoms with Crippen molar-refractivity contribution in [1.29, 1.82) is 0 Å². The van der Waals surface area contributed by atoms with Gasteiger partial charge in [-0.05, 0) is 32.0 Å². The maximum Gasteiger partial charge on any atom is 0.240 e. The number of hydrogen-bond donors (Lipinski definition) is 3. The van der Waals surface area contributed by atoms with Crippen LogP contribution in [0.4, 0.5) is 0 Å². The summed E-state index contributed by atoms with van der Waals surface area (Å²) >= 11 is 0. The number of rotatable bonds is 7. The Kier molecular flexibility index (Phi) is 6.56. The van der Waals surface area contributed by atoms with Gasteiger partial charge in [0.15, 0.2) is 5.96 Å². The summed E-state index contributed by atoms with van der Waals surface area (Å²) in [4.78, 5) is 4.42. The molecular weight excluding hydrogens is 388 g/mol. The van der Waals surface area contributed by atoms with E-state index >= 15 is 0 Å². The minimum Gasteiger partial charge on any atom is -0.459 e. The van der Waals surface area contributed by atoms with Crippen LogP contribution in [0.25, 0.3) is 11.0 Å². The number of furan rings is 1. The Morgan fingerprint density at radius 3 is 2.41 bits per heavy atom. The molecule has 0 saturated carbocycles. The summed E-state index contributed by atoms with van der Waals surface area (Å²) in [6.45, 7) is 5.05. The van der Waals surface area contributed by atoms with Crippen LogP contribution in [0.1, 0.15) is 16.9 Å². The molecule has 154 valence electrons. The van der Waals surface area contributed by atoms with Crippen molar-refractivity contribution >= 4 is 27.0 Å². The molecular formula is C21H26N4O3S. The van der Waals surface area contributed by atoms with E-state index in [0.717, 1.165) is 27.9 Å². The molecule has 1 aromatic heterocycles. The molecule has 0 unspecified atom stereocenters. The minimum atomic E-state index is -3.52. The van der Waals surface area contributed by atoms with Gasteiger partial charge in [0.05, 0.1) is 11.4 Å². The van der Waals surface area contributed by atoms with Crippen molar-refractivity contribution in [2.24, 2.45) is 4.99 Å². The highest BCUT2D eigenvalue weighted by atomic mass is 32.2. The van der Waals surface area contributed by atoms with Crippen molar-refractivity contribution < 1.29 is 12.8 Å². The SMILES string of the molecule is CN=C(NCCNS(=O)(=O)c1ccc(C)cc1)NCc1oc2ccccc2c1C. The highest BCUT2D eigenvalue weighted by Gasteiger charge is 2.13. The van der Waals surface area contributed by atoms with Crippen molar-refractivity contribution in [3.05, 3.63) is 65.4 Å². The van der Waals surface area contributed by atoms with Gasteiger partial charge in [-0.15, -0.1) is 0 Å². The first-order valence-corrected chi connectivity index (χ1v) is 10.9. The third-order valence-corrected chi connectivity index (χ3v) is 6.10. The zero-order valence-electron chi connectivity index (χ0n) is 16.8. The van der Waals surface area contributed by atoms with Crippen molar-refractivity contribution in [2.75, 3.05) is 20.1 Å². The number of nitrogens with zero attached hydrogens (tertiary/aromatic N) is 1. The molecule has 29 heavy (non-hydrogen) atoms. The molecule has 0 aliphatic rings. The van der Waals surface area contributed by atoms with Gasteiger partial charge < -0.3 is 15.1 Å². The van der Waals surface area contributed by atoms with Crippen molar-refractivity contribution in [2.45, 2.75) is 25.3 Å². The molecule has 0 amide bonds. The fraction of sp³-hybridized carbons (Fsp3) is 0.286. The molecule has 0 bridgehead atoms. The number of benzene rings is 2. The summed E-state index contributed by atoms with van der Waals surface area (Å²) in [6.07, 6.45) is 0. The van der Waals surface area contributed by atoms with E-state index in [9.17, 15) is 8.42 Å². The molecule has 3 N–H and O–H groups in total. The first kappa shape index (κ1) is 20.9. The highest BCUT2D eigenvalue weighted by Crippen LogP contribution is 2.24. The maximum atomic E-state index is 12.3. The lowest BCUT2D eigenvalue weighted by Gasteiger charge is -2.12. The van der Waals surface area contributed by atoms with Gasteiger partial charge in [0.2, 0.25) is 10.0 Å². The Balaban J connectivity index is 1.49. The fourth-order valence-electron chi connectivity index (χ4n) is 2.95. The van der Waals surface area contributed by atoms with E-state index in [0.29, 0.717) is 19.0 Å². The molecule has 0 aliphatic heterocycles. The normalized spacial score (nSPS) is 12.3. The van der Waals surface area contributed by atoms with Gasteiger partial charge in [-0.25, -0.2) is 13.1 Å². The second-order valence-corrected chi connectivity index (χ2v) is 8.48. The van der Waals surface area contributed by atoms with E-state index in [1.165, 1.54) is 0 Å². The van der Waals surface area contributed by atoms with Gasteiger partial charge in [0.1, 0.15) is 11.3 Å². The van der Waals surface area contributed by atoms with Crippen LogP contribution in [0.15, 0.2) is 62.8 Å². The topological polar surface area (TPSA) is 95.7 Å². The van der Waals surface area contributed by atoms with Crippen LogP contribution >= 0.6 is 0 Å². The summed E-state index contributed by atoms with van der Waals surface area (Å²) in [5.74, 6) is 1.41. The van der Waals surface area contributed by atoms with Gasteiger partial charge in [-0.2, -0.15) is 0 Å². The molecule has 2 aromatic carbocycles. The molecule has 3 rings (SSSR count). The van der Waals surface area contributed by atoms with Crippen LogP contribution in [-0.2, 0) is 16.6 Å². The number of para-hydroxylation sites is 1. The molecule has 3 aromatic rings. The summed E-state index contributed by atoms with van der Waals surface area (Å²) in [7, 11) is -1.86. The number of guanidine groups is 1. The van der Waals surface area contributed by atoms with Crippen LogP contribution in [0, 0.1) is 13.8 Å². The van der Waals surface area contributed by atoms with E-state index < -0.39 is 10.0 Å². The number of fused-ring (bicyclic) bond motifs is 1. The van der Waals surface area contributed by atoms with Crippen molar-refractivity contribution in [1.82, 2.24) is 15.4 Å². The molecule has 0 radical (unpaired) electrons.